The molecule has 0 aliphatic rings. The smallest absolute Gasteiger partial charge is 0.240 e. The first-order valence-electron chi connectivity index (χ1n) is 4.39. The first-order chi connectivity index (χ1) is 7.38. The van der Waals surface area contributed by atoms with Crippen LogP contribution in [0, 0.1) is 5.82 Å². The highest BCUT2D eigenvalue weighted by Gasteiger charge is 2.15. The fourth-order valence-corrected chi connectivity index (χ4v) is 2.17. The molecule has 0 amide bonds. The highest BCUT2D eigenvalue weighted by Crippen LogP contribution is 2.14. The molecular formula is C9H9FNO4S-. The summed E-state index contributed by atoms with van der Waals surface area (Å²) < 4.78 is 38.1. The van der Waals surface area contributed by atoms with Crippen molar-refractivity contribution in [2.24, 2.45) is 0 Å². The average molecular weight is 246 g/mol. The maximum absolute atomic E-state index is 13.0. The molecular weight excluding hydrogens is 237 g/mol. The highest BCUT2D eigenvalue weighted by atomic mass is 32.2. The van der Waals surface area contributed by atoms with Gasteiger partial charge < -0.3 is 9.90 Å². The number of hydrogen-bond acceptors (Lipinski definition) is 4. The van der Waals surface area contributed by atoms with Gasteiger partial charge in [0.25, 0.3) is 0 Å². The van der Waals surface area contributed by atoms with Crippen molar-refractivity contribution < 1.29 is 22.7 Å². The van der Waals surface area contributed by atoms with Crippen molar-refractivity contribution in [2.45, 2.75) is 11.8 Å². The second kappa shape index (κ2) is 4.58. The predicted molar refractivity (Wildman–Crippen MR) is 51.6 cm³/mol. The Kier molecular flexibility index (Phi) is 3.61. The van der Waals surface area contributed by atoms with E-state index in [1.807, 2.05) is 0 Å². The number of carboxylic acids is 1. The first kappa shape index (κ1) is 12.6. The maximum atomic E-state index is 13.0. The van der Waals surface area contributed by atoms with Gasteiger partial charge in [-0.05, 0) is 18.2 Å². The lowest BCUT2D eigenvalue weighted by atomic mass is 10.2. The van der Waals surface area contributed by atoms with E-state index >= 15 is 0 Å². The van der Waals surface area contributed by atoms with Gasteiger partial charge in [0.2, 0.25) is 10.0 Å². The summed E-state index contributed by atoms with van der Waals surface area (Å²) in [4.78, 5) is 10.2. The first-order valence-corrected chi connectivity index (χ1v) is 5.87. The highest BCUT2D eigenvalue weighted by molar-refractivity contribution is 7.89. The van der Waals surface area contributed by atoms with Crippen LogP contribution in [0.15, 0.2) is 23.1 Å². The lowest BCUT2D eigenvalue weighted by Crippen LogP contribution is -2.26. The van der Waals surface area contributed by atoms with E-state index in [1.54, 1.807) is 6.92 Å². The predicted octanol–water partition coefficient (Wildman–Crippen LogP) is -0.513. The summed E-state index contributed by atoms with van der Waals surface area (Å²) in [5, 5.41) is 10.5. The van der Waals surface area contributed by atoms with Crippen molar-refractivity contribution in [1.82, 2.24) is 4.72 Å². The Morgan fingerprint density at radius 1 is 1.50 bits per heavy atom. The molecule has 0 atom stereocenters. The number of aromatic carboxylic acids is 1. The second-order valence-corrected chi connectivity index (χ2v) is 4.70. The molecule has 16 heavy (non-hydrogen) atoms. The van der Waals surface area contributed by atoms with Gasteiger partial charge in [0.1, 0.15) is 5.82 Å². The van der Waals surface area contributed by atoms with E-state index in [0.717, 1.165) is 18.2 Å². The monoisotopic (exact) mass is 246 g/mol. The normalized spacial score (nSPS) is 11.4. The largest absolute Gasteiger partial charge is 0.545 e. The van der Waals surface area contributed by atoms with E-state index in [9.17, 15) is 22.7 Å². The van der Waals surface area contributed by atoms with Crippen molar-refractivity contribution in [1.29, 1.82) is 0 Å². The Balaban J connectivity index is 3.28. The molecule has 1 rings (SSSR count). The third kappa shape index (κ3) is 2.56. The topological polar surface area (TPSA) is 86.3 Å². The van der Waals surface area contributed by atoms with Crippen LogP contribution < -0.4 is 9.83 Å². The van der Waals surface area contributed by atoms with E-state index in [2.05, 4.69) is 4.72 Å². The molecule has 0 aromatic heterocycles. The second-order valence-electron chi connectivity index (χ2n) is 2.93. The SMILES string of the molecule is CCNS(=O)(=O)c1ccc(F)c(C(=O)[O-])c1. The van der Waals surface area contributed by atoms with E-state index < -0.39 is 27.4 Å². The third-order valence-corrected chi connectivity index (χ3v) is 3.35. The molecule has 1 aromatic rings. The summed E-state index contributed by atoms with van der Waals surface area (Å²) in [5.41, 5.74) is -0.779. The van der Waals surface area contributed by atoms with Crippen LogP contribution in [0.1, 0.15) is 17.3 Å². The zero-order valence-electron chi connectivity index (χ0n) is 8.36. The molecule has 0 aliphatic carbocycles. The van der Waals surface area contributed by atoms with Crippen LogP contribution in [0.5, 0.6) is 0 Å². The molecule has 88 valence electrons. The minimum absolute atomic E-state index is 0.153. The minimum atomic E-state index is -3.79. The Labute approximate surface area is 92.0 Å². The number of hydrogen-bond donors (Lipinski definition) is 1. The van der Waals surface area contributed by atoms with E-state index in [0.29, 0.717) is 0 Å². The standard InChI is InChI=1S/C9H10FNO4S/c1-2-11-16(14,15)6-3-4-8(10)7(5-6)9(12)13/h3-5,11H,2H2,1H3,(H,12,13)/p-1. The molecule has 0 saturated heterocycles. The molecule has 7 heteroatoms. The van der Waals surface area contributed by atoms with Gasteiger partial charge >= 0.3 is 0 Å². The molecule has 0 bridgehead atoms. The van der Waals surface area contributed by atoms with Crippen LogP contribution in [0.4, 0.5) is 4.39 Å². The van der Waals surface area contributed by atoms with Gasteiger partial charge in [0.05, 0.1) is 10.9 Å². The molecule has 0 aliphatic heterocycles. The van der Waals surface area contributed by atoms with Crippen LogP contribution in [0.25, 0.3) is 0 Å². The van der Waals surface area contributed by atoms with Gasteiger partial charge in [-0.2, -0.15) is 0 Å². The van der Waals surface area contributed by atoms with Crippen LogP contribution in [0.2, 0.25) is 0 Å². The van der Waals surface area contributed by atoms with Gasteiger partial charge in [-0.25, -0.2) is 17.5 Å². The minimum Gasteiger partial charge on any atom is -0.545 e. The number of sulfonamides is 1. The molecule has 1 aromatic carbocycles. The summed E-state index contributed by atoms with van der Waals surface area (Å²) in [5.74, 6) is -2.79. The van der Waals surface area contributed by atoms with E-state index in [-0.39, 0.29) is 11.4 Å². The number of nitrogens with one attached hydrogen (secondary N) is 1. The lowest BCUT2D eigenvalue weighted by Gasteiger charge is -2.08. The van der Waals surface area contributed by atoms with Crippen LogP contribution >= 0.6 is 0 Å². The number of halogens is 1. The van der Waals surface area contributed by atoms with Crippen LogP contribution in [-0.2, 0) is 10.0 Å². The Bertz CT molecular complexity index is 512. The van der Waals surface area contributed by atoms with Crippen molar-refractivity contribution in [3.63, 3.8) is 0 Å². The molecule has 0 heterocycles. The number of carbonyl (C=O) groups is 1. The van der Waals surface area contributed by atoms with Crippen LogP contribution in [-0.4, -0.2) is 20.9 Å². The average Bonchev–Trinajstić information content (AvgIpc) is 2.17. The van der Waals surface area contributed by atoms with Gasteiger partial charge in [-0.15, -0.1) is 0 Å². The van der Waals surface area contributed by atoms with Gasteiger partial charge in [0.15, 0.2) is 0 Å². The van der Waals surface area contributed by atoms with E-state index in [1.165, 1.54) is 0 Å². The summed E-state index contributed by atoms with van der Waals surface area (Å²) >= 11 is 0. The maximum Gasteiger partial charge on any atom is 0.240 e. The Morgan fingerprint density at radius 3 is 2.62 bits per heavy atom. The number of carbonyl (C=O) groups excluding carboxylic acids is 1. The summed E-state index contributed by atoms with van der Waals surface area (Å²) in [6.45, 7) is 1.72. The van der Waals surface area contributed by atoms with Crippen molar-refractivity contribution in [3.8, 4) is 0 Å². The Hall–Kier alpha value is -1.47. The molecule has 0 fully saturated rings. The Morgan fingerprint density at radius 2 is 2.12 bits per heavy atom. The summed E-state index contributed by atoms with van der Waals surface area (Å²) in [7, 11) is -3.79. The molecule has 0 radical (unpaired) electrons. The van der Waals surface area contributed by atoms with Gasteiger partial charge in [-0.3, -0.25) is 0 Å². The number of carboxylic acid groups (broad SMARTS) is 1. The summed E-state index contributed by atoms with van der Waals surface area (Å²) in [6, 6.07) is 2.48. The lowest BCUT2D eigenvalue weighted by molar-refractivity contribution is -0.255. The fourth-order valence-electron chi connectivity index (χ4n) is 1.10. The van der Waals surface area contributed by atoms with Gasteiger partial charge in [0, 0.05) is 12.1 Å². The third-order valence-electron chi connectivity index (χ3n) is 1.80. The van der Waals surface area contributed by atoms with Crippen molar-refractivity contribution in [3.05, 3.63) is 29.6 Å². The molecule has 5 nitrogen and oxygen atoms in total. The van der Waals surface area contributed by atoms with Gasteiger partial charge in [-0.1, -0.05) is 6.92 Å². The quantitative estimate of drug-likeness (QED) is 0.775. The number of rotatable bonds is 4. The molecule has 0 saturated carbocycles. The van der Waals surface area contributed by atoms with Crippen molar-refractivity contribution in [2.75, 3.05) is 6.54 Å². The van der Waals surface area contributed by atoms with Crippen LogP contribution in [0.3, 0.4) is 0 Å². The molecule has 0 spiro atoms. The fraction of sp³-hybridized carbons (Fsp3) is 0.222. The molecule has 0 unspecified atom stereocenters. The zero-order valence-corrected chi connectivity index (χ0v) is 9.17. The zero-order chi connectivity index (χ0) is 12.3. The number of benzene rings is 1. The van der Waals surface area contributed by atoms with Crippen molar-refractivity contribution >= 4 is 16.0 Å². The van der Waals surface area contributed by atoms with E-state index in [4.69, 9.17) is 0 Å². The summed E-state index contributed by atoms with van der Waals surface area (Å²) in [6.07, 6.45) is 0. The molecule has 1 N–H and O–H groups in total.